The lowest BCUT2D eigenvalue weighted by Crippen LogP contribution is -2.49. The van der Waals surface area contributed by atoms with Crippen molar-refractivity contribution in [3.05, 3.63) is 34.9 Å². The van der Waals surface area contributed by atoms with Crippen LogP contribution in [0.25, 0.3) is 0 Å². The van der Waals surface area contributed by atoms with Gasteiger partial charge < -0.3 is 14.5 Å². The molecule has 2 fully saturated rings. The Morgan fingerprint density at radius 1 is 1.09 bits per heavy atom. The first kappa shape index (κ1) is 16.3. The zero-order valence-electron chi connectivity index (χ0n) is 13.0. The molecular formula is C17H21ClN2O3. The minimum Gasteiger partial charge on any atom is -0.378 e. The number of morpholine rings is 1. The number of halogens is 1. The summed E-state index contributed by atoms with van der Waals surface area (Å²) in [4.78, 5) is 28.9. The third kappa shape index (κ3) is 3.67. The van der Waals surface area contributed by atoms with Crippen molar-refractivity contribution in [1.82, 2.24) is 9.80 Å². The van der Waals surface area contributed by atoms with Crippen molar-refractivity contribution in [2.24, 2.45) is 5.92 Å². The quantitative estimate of drug-likeness (QED) is 0.830. The van der Waals surface area contributed by atoms with Crippen LogP contribution in [0.2, 0.25) is 5.02 Å². The Morgan fingerprint density at radius 2 is 1.83 bits per heavy atom. The molecule has 0 saturated carbocycles. The Morgan fingerprint density at radius 3 is 2.57 bits per heavy atom. The molecule has 0 radical (unpaired) electrons. The number of nitrogens with zero attached hydrogens (tertiary/aromatic N) is 2. The summed E-state index contributed by atoms with van der Waals surface area (Å²) in [5.74, 6) is -0.0617. The standard InChI is InChI=1S/C17H21ClN2O3/c18-15-6-2-1-5-14(15)17(22)20-7-3-4-13(12-20)16(21)19-8-10-23-11-9-19/h1-2,5-6,13H,3-4,7-12H2/t13-/m0/s1. The van der Waals surface area contributed by atoms with Crippen molar-refractivity contribution >= 4 is 23.4 Å². The van der Waals surface area contributed by atoms with Crippen molar-refractivity contribution in [3.8, 4) is 0 Å². The van der Waals surface area contributed by atoms with Crippen LogP contribution >= 0.6 is 11.6 Å². The van der Waals surface area contributed by atoms with E-state index in [1.54, 1.807) is 29.2 Å². The SMILES string of the molecule is O=C(c1ccccc1Cl)N1CCC[C@H](C(=O)N2CCOCC2)C1. The topological polar surface area (TPSA) is 49.9 Å². The minimum atomic E-state index is -0.117. The molecule has 2 heterocycles. The highest BCUT2D eigenvalue weighted by molar-refractivity contribution is 6.33. The van der Waals surface area contributed by atoms with Gasteiger partial charge in [-0.2, -0.15) is 0 Å². The largest absolute Gasteiger partial charge is 0.378 e. The molecule has 0 aliphatic carbocycles. The van der Waals surface area contributed by atoms with Gasteiger partial charge in [-0.25, -0.2) is 0 Å². The van der Waals surface area contributed by atoms with Crippen LogP contribution in [0.5, 0.6) is 0 Å². The Hall–Kier alpha value is -1.59. The summed E-state index contributed by atoms with van der Waals surface area (Å²) in [6, 6.07) is 7.06. The smallest absolute Gasteiger partial charge is 0.255 e. The van der Waals surface area contributed by atoms with E-state index in [-0.39, 0.29) is 17.7 Å². The van der Waals surface area contributed by atoms with Crippen molar-refractivity contribution in [3.63, 3.8) is 0 Å². The maximum Gasteiger partial charge on any atom is 0.255 e. The summed E-state index contributed by atoms with van der Waals surface area (Å²) in [7, 11) is 0. The molecule has 124 valence electrons. The van der Waals surface area contributed by atoms with E-state index < -0.39 is 0 Å². The zero-order valence-corrected chi connectivity index (χ0v) is 13.8. The first-order chi connectivity index (χ1) is 11.2. The summed E-state index contributed by atoms with van der Waals surface area (Å²) < 4.78 is 5.29. The van der Waals surface area contributed by atoms with Crippen molar-refractivity contribution in [2.45, 2.75) is 12.8 Å². The number of piperidine rings is 1. The molecule has 23 heavy (non-hydrogen) atoms. The van der Waals surface area contributed by atoms with E-state index in [9.17, 15) is 9.59 Å². The van der Waals surface area contributed by atoms with E-state index in [0.717, 1.165) is 12.8 Å². The number of rotatable bonds is 2. The number of ether oxygens (including phenoxy) is 1. The average Bonchev–Trinajstić information content (AvgIpc) is 2.62. The number of likely N-dealkylation sites (tertiary alicyclic amines) is 1. The fourth-order valence-electron chi connectivity index (χ4n) is 3.21. The van der Waals surface area contributed by atoms with Gasteiger partial charge in [0.1, 0.15) is 0 Å². The summed E-state index contributed by atoms with van der Waals surface area (Å²) in [5.41, 5.74) is 0.508. The second-order valence-corrected chi connectivity index (χ2v) is 6.42. The van der Waals surface area contributed by atoms with E-state index in [2.05, 4.69) is 0 Å². The molecule has 2 saturated heterocycles. The van der Waals surface area contributed by atoms with Crippen LogP contribution in [0.4, 0.5) is 0 Å². The van der Waals surface area contributed by atoms with Crippen LogP contribution in [0.1, 0.15) is 23.2 Å². The van der Waals surface area contributed by atoms with Gasteiger partial charge in [-0.05, 0) is 25.0 Å². The lowest BCUT2D eigenvalue weighted by Gasteiger charge is -2.36. The maximum absolute atomic E-state index is 12.7. The third-order valence-corrected chi connectivity index (χ3v) is 4.81. The normalized spacial score (nSPS) is 22.0. The molecule has 2 aliphatic rings. The molecule has 2 amide bonds. The molecule has 2 aliphatic heterocycles. The van der Waals surface area contributed by atoms with E-state index in [1.807, 2.05) is 4.90 Å². The maximum atomic E-state index is 12.7. The molecule has 0 N–H and O–H groups in total. The van der Waals surface area contributed by atoms with E-state index in [0.29, 0.717) is 50.0 Å². The molecule has 0 aromatic heterocycles. The van der Waals surface area contributed by atoms with Crippen LogP contribution in [-0.4, -0.2) is 61.0 Å². The molecule has 1 aromatic carbocycles. The second kappa shape index (κ2) is 7.32. The first-order valence-electron chi connectivity index (χ1n) is 8.07. The van der Waals surface area contributed by atoms with Gasteiger partial charge in [0.15, 0.2) is 0 Å². The highest BCUT2D eigenvalue weighted by Crippen LogP contribution is 2.23. The van der Waals surface area contributed by atoms with E-state index in [4.69, 9.17) is 16.3 Å². The summed E-state index contributed by atoms with van der Waals surface area (Å²) >= 11 is 6.12. The molecule has 5 nitrogen and oxygen atoms in total. The summed E-state index contributed by atoms with van der Waals surface area (Å²) in [6.07, 6.45) is 1.68. The molecule has 0 bridgehead atoms. The summed E-state index contributed by atoms with van der Waals surface area (Å²) in [6.45, 7) is 3.64. The predicted molar refractivity (Wildman–Crippen MR) is 87.5 cm³/mol. The number of benzene rings is 1. The fourth-order valence-corrected chi connectivity index (χ4v) is 3.43. The van der Waals surface area contributed by atoms with Gasteiger partial charge in [-0.3, -0.25) is 9.59 Å². The number of hydrogen-bond donors (Lipinski definition) is 0. The molecule has 0 spiro atoms. The molecule has 1 aromatic rings. The van der Waals surface area contributed by atoms with Crippen molar-refractivity contribution in [1.29, 1.82) is 0 Å². The number of carbonyl (C=O) groups is 2. The van der Waals surface area contributed by atoms with Gasteiger partial charge in [-0.15, -0.1) is 0 Å². The Bertz CT molecular complexity index is 587. The fraction of sp³-hybridized carbons (Fsp3) is 0.529. The van der Waals surface area contributed by atoms with Gasteiger partial charge in [0.25, 0.3) is 5.91 Å². The average molecular weight is 337 g/mol. The second-order valence-electron chi connectivity index (χ2n) is 6.01. The van der Waals surface area contributed by atoms with Crippen LogP contribution in [0.3, 0.4) is 0 Å². The van der Waals surface area contributed by atoms with Crippen LogP contribution < -0.4 is 0 Å². The van der Waals surface area contributed by atoms with Gasteiger partial charge in [0.2, 0.25) is 5.91 Å². The lowest BCUT2D eigenvalue weighted by molar-refractivity contribution is -0.141. The molecule has 1 atom stereocenters. The van der Waals surface area contributed by atoms with Crippen molar-refractivity contribution < 1.29 is 14.3 Å². The van der Waals surface area contributed by atoms with Crippen LogP contribution in [-0.2, 0) is 9.53 Å². The third-order valence-electron chi connectivity index (χ3n) is 4.48. The van der Waals surface area contributed by atoms with E-state index >= 15 is 0 Å². The van der Waals surface area contributed by atoms with Gasteiger partial charge >= 0.3 is 0 Å². The van der Waals surface area contributed by atoms with Gasteiger partial charge in [0.05, 0.1) is 29.7 Å². The molecule has 3 rings (SSSR count). The Kier molecular flexibility index (Phi) is 5.18. The first-order valence-corrected chi connectivity index (χ1v) is 8.45. The lowest BCUT2D eigenvalue weighted by atomic mass is 9.95. The number of hydrogen-bond acceptors (Lipinski definition) is 3. The monoisotopic (exact) mass is 336 g/mol. The Labute approximate surface area is 141 Å². The Balaban J connectivity index is 1.67. The molecule has 6 heteroatoms. The van der Waals surface area contributed by atoms with Gasteiger partial charge in [0, 0.05) is 26.2 Å². The highest BCUT2D eigenvalue weighted by atomic mass is 35.5. The van der Waals surface area contributed by atoms with Crippen LogP contribution in [0, 0.1) is 5.92 Å². The molecular weight excluding hydrogens is 316 g/mol. The predicted octanol–water partition coefficient (Wildman–Crippen LogP) is 2.05. The van der Waals surface area contributed by atoms with Crippen LogP contribution in [0.15, 0.2) is 24.3 Å². The van der Waals surface area contributed by atoms with E-state index in [1.165, 1.54) is 0 Å². The van der Waals surface area contributed by atoms with Gasteiger partial charge in [-0.1, -0.05) is 23.7 Å². The number of amides is 2. The zero-order chi connectivity index (χ0) is 16.2. The highest BCUT2D eigenvalue weighted by Gasteiger charge is 2.32. The number of carbonyl (C=O) groups excluding carboxylic acids is 2. The van der Waals surface area contributed by atoms with Crippen molar-refractivity contribution in [2.75, 3.05) is 39.4 Å². The minimum absolute atomic E-state index is 0.0879. The summed E-state index contributed by atoms with van der Waals surface area (Å²) in [5, 5.41) is 0.458. The molecule has 0 unspecified atom stereocenters.